The van der Waals surface area contributed by atoms with Crippen molar-refractivity contribution in [3.05, 3.63) is 88.7 Å². The molecule has 3 aromatic carbocycles. The third kappa shape index (κ3) is 5.50. The van der Waals surface area contributed by atoms with Gasteiger partial charge in [-0.15, -0.1) is 0 Å². The molecule has 208 valence electrons. The minimum Gasteiger partial charge on any atom is -0.493 e. The number of nitrogens with one attached hydrogen (secondary N) is 1. The number of hydrogen-bond donors (Lipinski definition) is 1. The van der Waals surface area contributed by atoms with Gasteiger partial charge in [0, 0.05) is 19.6 Å². The van der Waals surface area contributed by atoms with E-state index >= 15 is 0 Å². The molecule has 1 atom stereocenters. The monoisotopic (exact) mass is 545 g/mol. The van der Waals surface area contributed by atoms with Crippen LogP contribution in [0, 0.1) is 11.7 Å². The first-order valence-electron chi connectivity index (χ1n) is 13.4. The lowest BCUT2D eigenvalue weighted by Crippen LogP contribution is -2.44. The minimum atomic E-state index is -0.420. The number of amides is 3. The van der Waals surface area contributed by atoms with E-state index in [1.54, 1.807) is 38.5 Å². The highest BCUT2D eigenvalue weighted by Crippen LogP contribution is 2.35. The van der Waals surface area contributed by atoms with Gasteiger partial charge in [-0.3, -0.25) is 19.3 Å². The van der Waals surface area contributed by atoms with Crippen LogP contribution in [0.3, 0.4) is 0 Å². The number of ether oxygens (including phenoxy) is 2. The van der Waals surface area contributed by atoms with Crippen LogP contribution in [0.4, 0.5) is 10.1 Å². The Morgan fingerprint density at radius 3 is 2.55 bits per heavy atom. The van der Waals surface area contributed by atoms with E-state index in [-0.39, 0.29) is 18.4 Å². The zero-order valence-corrected chi connectivity index (χ0v) is 22.6. The SMILES string of the molecule is COc1ccc(CCNC(=O)C2CCCN(c3cccc4c3C(=O)N(Cc3cccc(F)c3)C4=O)C2)cc1OC. The number of piperidine rings is 1. The molecule has 2 aliphatic heterocycles. The number of fused-ring (bicyclic) bond motifs is 1. The largest absolute Gasteiger partial charge is 0.493 e. The lowest BCUT2D eigenvalue weighted by molar-refractivity contribution is -0.125. The molecule has 2 aliphatic rings. The van der Waals surface area contributed by atoms with E-state index in [2.05, 4.69) is 5.32 Å². The number of imide groups is 1. The molecule has 40 heavy (non-hydrogen) atoms. The van der Waals surface area contributed by atoms with Gasteiger partial charge in [-0.05, 0) is 66.8 Å². The summed E-state index contributed by atoms with van der Waals surface area (Å²) in [5.41, 5.74) is 2.90. The minimum absolute atomic E-state index is 0.00531. The maximum Gasteiger partial charge on any atom is 0.263 e. The molecule has 1 unspecified atom stereocenters. The molecule has 1 fully saturated rings. The lowest BCUT2D eigenvalue weighted by atomic mass is 9.95. The number of halogens is 1. The summed E-state index contributed by atoms with van der Waals surface area (Å²) in [4.78, 5) is 42.8. The first kappa shape index (κ1) is 27.2. The van der Waals surface area contributed by atoms with Gasteiger partial charge in [0.05, 0.1) is 43.5 Å². The maximum atomic E-state index is 13.7. The second kappa shape index (κ2) is 11.8. The summed E-state index contributed by atoms with van der Waals surface area (Å²) in [6.45, 7) is 1.60. The molecule has 5 rings (SSSR count). The van der Waals surface area contributed by atoms with Gasteiger partial charge in [-0.25, -0.2) is 4.39 Å². The van der Waals surface area contributed by atoms with E-state index in [1.165, 1.54) is 12.1 Å². The Kier molecular flexibility index (Phi) is 8.00. The molecule has 9 heteroatoms. The summed E-state index contributed by atoms with van der Waals surface area (Å²) in [6.07, 6.45) is 2.17. The van der Waals surface area contributed by atoms with Gasteiger partial charge >= 0.3 is 0 Å². The normalized spacial score (nSPS) is 16.6. The predicted molar refractivity (Wildman–Crippen MR) is 148 cm³/mol. The van der Waals surface area contributed by atoms with E-state index in [9.17, 15) is 18.8 Å². The molecular formula is C31H32FN3O5. The van der Waals surface area contributed by atoms with Crippen molar-refractivity contribution in [3.63, 3.8) is 0 Å². The van der Waals surface area contributed by atoms with Crippen LogP contribution in [-0.4, -0.2) is 56.5 Å². The topological polar surface area (TPSA) is 88.2 Å². The average molecular weight is 546 g/mol. The van der Waals surface area contributed by atoms with Crippen LogP contribution in [-0.2, 0) is 17.8 Å². The number of carbonyl (C=O) groups is 3. The van der Waals surface area contributed by atoms with Crippen molar-refractivity contribution in [1.29, 1.82) is 0 Å². The number of benzene rings is 3. The number of nitrogens with zero attached hydrogens (tertiary/aromatic N) is 2. The second-order valence-electron chi connectivity index (χ2n) is 10.0. The number of methoxy groups -OCH3 is 2. The second-order valence-corrected chi connectivity index (χ2v) is 10.0. The fourth-order valence-electron chi connectivity index (χ4n) is 5.46. The highest BCUT2D eigenvalue weighted by Gasteiger charge is 2.39. The predicted octanol–water partition coefficient (Wildman–Crippen LogP) is 4.21. The van der Waals surface area contributed by atoms with E-state index in [1.807, 2.05) is 29.2 Å². The Labute approximate surface area is 232 Å². The Bertz CT molecular complexity index is 1440. The van der Waals surface area contributed by atoms with Crippen molar-refractivity contribution in [2.45, 2.75) is 25.8 Å². The molecule has 8 nitrogen and oxygen atoms in total. The molecule has 1 saturated heterocycles. The van der Waals surface area contributed by atoms with Crippen LogP contribution >= 0.6 is 0 Å². The van der Waals surface area contributed by atoms with Gasteiger partial charge < -0.3 is 19.7 Å². The third-order valence-corrected chi connectivity index (χ3v) is 7.50. The maximum absolute atomic E-state index is 13.7. The van der Waals surface area contributed by atoms with Crippen molar-refractivity contribution in [2.75, 3.05) is 38.8 Å². The van der Waals surface area contributed by atoms with Crippen LogP contribution in [0.1, 0.15) is 44.7 Å². The highest BCUT2D eigenvalue weighted by atomic mass is 19.1. The van der Waals surface area contributed by atoms with E-state index in [0.717, 1.165) is 23.3 Å². The van der Waals surface area contributed by atoms with Gasteiger partial charge in [0.2, 0.25) is 5.91 Å². The van der Waals surface area contributed by atoms with Crippen molar-refractivity contribution in [2.24, 2.45) is 5.92 Å². The van der Waals surface area contributed by atoms with Crippen molar-refractivity contribution < 1.29 is 28.2 Å². The molecular weight excluding hydrogens is 513 g/mol. The van der Waals surface area contributed by atoms with E-state index in [0.29, 0.717) is 59.9 Å². The molecule has 0 radical (unpaired) electrons. The molecule has 0 aromatic heterocycles. The Morgan fingerprint density at radius 2 is 1.77 bits per heavy atom. The zero-order chi connectivity index (χ0) is 28.2. The summed E-state index contributed by atoms with van der Waals surface area (Å²) < 4.78 is 24.3. The molecule has 0 spiro atoms. The smallest absolute Gasteiger partial charge is 0.263 e. The number of carbonyl (C=O) groups excluding carboxylic acids is 3. The fourth-order valence-corrected chi connectivity index (χ4v) is 5.46. The van der Waals surface area contributed by atoms with Gasteiger partial charge in [0.1, 0.15) is 5.82 Å². The zero-order valence-electron chi connectivity index (χ0n) is 22.6. The molecule has 0 bridgehead atoms. The summed E-state index contributed by atoms with van der Waals surface area (Å²) in [6, 6.07) is 16.8. The quantitative estimate of drug-likeness (QED) is 0.406. The standard InChI is InChI=1S/C31H32FN3O5/c1-39-26-12-11-20(17-27(26)40-2)13-14-33-29(36)22-7-5-15-34(19-22)25-10-4-9-24-28(25)31(38)35(30(24)37)18-21-6-3-8-23(32)16-21/h3-4,6,8-12,16-17,22H,5,7,13-15,18-19H2,1-2H3,(H,33,36). The van der Waals surface area contributed by atoms with E-state index < -0.39 is 17.6 Å². The van der Waals surface area contributed by atoms with Crippen molar-refractivity contribution in [3.8, 4) is 11.5 Å². The molecule has 2 heterocycles. The van der Waals surface area contributed by atoms with Crippen LogP contribution in [0.5, 0.6) is 11.5 Å². The van der Waals surface area contributed by atoms with Crippen molar-refractivity contribution in [1.82, 2.24) is 10.2 Å². The van der Waals surface area contributed by atoms with Gasteiger partial charge in [0.15, 0.2) is 11.5 Å². The first-order valence-corrected chi connectivity index (χ1v) is 13.4. The highest BCUT2D eigenvalue weighted by molar-refractivity contribution is 6.23. The van der Waals surface area contributed by atoms with Crippen LogP contribution < -0.4 is 19.7 Å². The first-order chi connectivity index (χ1) is 19.4. The Hall–Kier alpha value is -4.40. The summed E-state index contributed by atoms with van der Waals surface area (Å²) in [7, 11) is 3.18. The van der Waals surface area contributed by atoms with Gasteiger partial charge in [0.25, 0.3) is 11.8 Å². The number of anilines is 1. The third-order valence-electron chi connectivity index (χ3n) is 7.50. The number of rotatable bonds is 9. The molecule has 3 amide bonds. The summed E-state index contributed by atoms with van der Waals surface area (Å²) in [5, 5.41) is 3.05. The van der Waals surface area contributed by atoms with Gasteiger partial charge in [-0.2, -0.15) is 0 Å². The Morgan fingerprint density at radius 1 is 0.975 bits per heavy atom. The fraction of sp³-hybridized carbons (Fsp3) is 0.323. The number of hydrogen-bond acceptors (Lipinski definition) is 6. The van der Waals surface area contributed by atoms with Crippen LogP contribution in [0.25, 0.3) is 0 Å². The van der Waals surface area contributed by atoms with E-state index in [4.69, 9.17) is 9.47 Å². The Balaban J connectivity index is 1.24. The average Bonchev–Trinajstić information content (AvgIpc) is 3.22. The molecule has 3 aromatic rings. The van der Waals surface area contributed by atoms with Gasteiger partial charge in [-0.1, -0.05) is 24.3 Å². The summed E-state index contributed by atoms with van der Waals surface area (Å²) >= 11 is 0. The molecule has 1 N–H and O–H groups in total. The lowest BCUT2D eigenvalue weighted by Gasteiger charge is -2.34. The van der Waals surface area contributed by atoms with Crippen LogP contribution in [0.15, 0.2) is 60.7 Å². The molecule has 0 aliphatic carbocycles. The van der Waals surface area contributed by atoms with Crippen LogP contribution in [0.2, 0.25) is 0 Å². The summed E-state index contributed by atoms with van der Waals surface area (Å²) in [5.74, 6) is -0.196. The molecule has 0 saturated carbocycles. The van der Waals surface area contributed by atoms with Crippen molar-refractivity contribution >= 4 is 23.4 Å².